The number of halogens is 1. The molecular formula is C15H18ClNO. The Labute approximate surface area is 112 Å². The number of nitrogens with one attached hydrogen (secondary N) is 1. The van der Waals surface area contributed by atoms with E-state index in [0.29, 0.717) is 6.04 Å². The van der Waals surface area contributed by atoms with Crippen LogP contribution < -0.4 is 5.32 Å². The number of hydrogen-bond acceptors (Lipinski definition) is 2. The zero-order chi connectivity index (χ0) is 12.5. The van der Waals surface area contributed by atoms with Gasteiger partial charge in [0.05, 0.1) is 6.04 Å². The van der Waals surface area contributed by atoms with Crippen molar-refractivity contribution in [3.8, 4) is 0 Å². The minimum Gasteiger partial charge on any atom is -0.459 e. The molecule has 96 valence electrons. The highest BCUT2D eigenvalue weighted by atomic mass is 35.5. The molecule has 1 aromatic heterocycles. The van der Waals surface area contributed by atoms with Gasteiger partial charge in [0, 0.05) is 10.4 Å². The second-order valence-electron chi connectivity index (χ2n) is 5.12. The number of rotatable bonds is 5. The van der Waals surface area contributed by atoms with Crippen molar-refractivity contribution in [2.75, 3.05) is 6.54 Å². The average molecular weight is 264 g/mol. The van der Waals surface area contributed by atoms with Gasteiger partial charge < -0.3 is 9.73 Å². The molecule has 0 amide bonds. The molecule has 1 fully saturated rings. The highest BCUT2D eigenvalue weighted by Crippen LogP contribution is 2.38. The molecule has 1 aliphatic rings. The summed E-state index contributed by atoms with van der Waals surface area (Å²) in [5.74, 6) is 1.92. The predicted molar refractivity (Wildman–Crippen MR) is 75.0 cm³/mol. The van der Waals surface area contributed by atoms with E-state index in [4.69, 9.17) is 16.0 Å². The summed E-state index contributed by atoms with van der Waals surface area (Å²) in [4.78, 5) is 0. The van der Waals surface area contributed by atoms with Crippen LogP contribution in [0.15, 0.2) is 28.7 Å². The van der Waals surface area contributed by atoms with E-state index in [1.54, 1.807) is 0 Å². The fraction of sp³-hybridized carbons (Fsp3) is 0.467. The van der Waals surface area contributed by atoms with E-state index in [-0.39, 0.29) is 0 Å². The zero-order valence-electron chi connectivity index (χ0n) is 10.6. The number of furan rings is 1. The maximum atomic E-state index is 6.01. The Balaban J connectivity index is 1.89. The Bertz CT molecular complexity index is 544. The van der Waals surface area contributed by atoms with Gasteiger partial charge >= 0.3 is 0 Å². The second kappa shape index (κ2) is 4.94. The van der Waals surface area contributed by atoms with Gasteiger partial charge in [-0.25, -0.2) is 0 Å². The lowest BCUT2D eigenvalue weighted by Crippen LogP contribution is -2.20. The van der Waals surface area contributed by atoms with Crippen LogP contribution >= 0.6 is 11.6 Å². The molecule has 0 aliphatic heterocycles. The molecule has 3 heteroatoms. The van der Waals surface area contributed by atoms with Crippen LogP contribution in [-0.2, 0) is 0 Å². The van der Waals surface area contributed by atoms with E-state index in [1.807, 2.05) is 18.2 Å². The highest BCUT2D eigenvalue weighted by molar-refractivity contribution is 6.31. The SMILES string of the molecule is CCNC(CC1CC1)c1cc2cc(Cl)ccc2o1. The average Bonchev–Trinajstić information content (AvgIpc) is 3.06. The zero-order valence-corrected chi connectivity index (χ0v) is 11.3. The summed E-state index contributed by atoms with van der Waals surface area (Å²) < 4.78 is 5.95. The van der Waals surface area contributed by atoms with Crippen molar-refractivity contribution in [1.29, 1.82) is 0 Å². The molecule has 2 nitrogen and oxygen atoms in total. The van der Waals surface area contributed by atoms with E-state index in [9.17, 15) is 0 Å². The lowest BCUT2D eigenvalue weighted by molar-refractivity contribution is 0.402. The van der Waals surface area contributed by atoms with Crippen LogP contribution in [0.5, 0.6) is 0 Å². The summed E-state index contributed by atoms with van der Waals surface area (Å²) in [7, 11) is 0. The van der Waals surface area contributed by atoms with Crippen molar-refractivity contribution in [3.63, 3.8) is 0 Å². The number of benzene rings is 1. The molecule has 3 rings (SSSR count). The normalized spacial score (nSPS) is 17.2. The quantitative estimate of drug-likeness (QED) is 0.857. The summed E-state index contributed by atoms with van der Waals surface area (Å²) in [5, 5.41) is 5.37. The highest BCUT2D eigenvalue weighted by Gasteiger charge is 2.27. The molecule has 0 saturated heterocycles. The van der Waals surface area contributed by atoms with Crippen molar-refractivity contribution < 1.29 is 4.42 Å². The van der Waals surface area contributed by atoms with Gasteiger partial charge in [-0.15, -0.1) is 0 Å². The largest absolute Gasteiger partial charge is 0.459 e. The third kappa shape index (κ3) is 2.55. The van der Waals surface area contributed by atoms with E-state index >= 15 is 0 Å². The molecule has 1 aromatic carbocycles. The number of fused-ring (bicyclic) bond motifs is 1. The minimum absolute atomic E-state index is 0.341. The van der Waals surface area contributed by atoms with Gasteiger partial charge in [-0.1, -0.05) is 31.4 Å². The van der Waals surface area contributed by atoms with Gasteiger partial charge in [0.1, 0.15) is 11.3 Å². The minimum atomic E-state index is 0.341. The van der Waals surface area contributed by atoms with Gasteiger partial charge in [0.25, 0.3) is 0 Å². The molecule has 0 bridgehead atoms. The van der Waals surface area contributed by atoms with Crippen molar-refractivity contribution in [2.24, 2.45) is 5.92 Å². The Kier molecular flexibility index (Phi) is 3.31. The monoisotopic (exact) mass is 263 g/mol. The Morgan fingerprint density at radius 2 is 2.22 bits per heavy atom. The maximum Gasteiger partial charge on any atom is 0.134 e. The second-order valence-corrected chi connectivity index (χ2v) is 5.56. The van der Waals surface area contributed by atoms with E-state index < -0.39 is 0 Å². The van der Waals surface area contributed by atoms with Gasteiger partial charge in [-0.2, -0.15) is 0 Å². The summed E-state index contributed by atoms with van der Waals surface area (Å²) in [6.07, 6.45) is 3.92. The van der Waals surface area contributed by atoms with Gasteiger partial charge in [-0.3, -0.25) is 0 Å². The standard InChI is InChI=1S/C15H18ClNO/c1-2-17-13(7-10-3-4-10)15-9-11-8-12(16)5-6-14(11)18-15/h5-6,8-10,13,17H,2-4,7H2,1H3. The molecule has 1 unspecified atom stereocenters. The summed E-state index contributed by atoms with van der Waals surface area (Å²) in [5.41, 5.74) is 0.924. The molecule has 1 heterocycles. The summed E-state index contributed by atoms with van der Waals surface area (Å²) in [6.45, 7) is 3.11. The van der Waals surface area contributed by atoms with Crippen LogP contribution in [0.1, 0.15) is 38.0 Å². The lowest BCUT2D eigenvalue weighted by Gasteiger charge is -2.14. The van der Waals surface area contributed by atoms with Gasteiger partial charge in [0.2, 0.25) is 0 Å². The fourth-order valence-electron chi connectivity index (χ4n) is 2.44. The van der Waals surface area contributed by atoms with Crippen molar-refractivity contribution >= 4 is 22.6 Å². The third-order valence-corrected chi connectivity index (χ3v) is 3.79. The van der Waals surface area contributed by atoms with Crippen LogP contribution in [0, 0.1) is 5.92 Å². The first kappa shape index (κ1) is 12.1. The van der Waals surface area contributed by atoms with E-state index in [0.717, 1.165) is 34.2 Å². The Morgan fingerprint density at radius 3 is 2.94 bits per heavy atom. The van der Waals surface area contributed by atoms with Gasteiger partial charge in [0.15, 0.2) is 0 Å². The molecule has 1 saturated carbocycles. The first-order chi connectivity index (χ1) is 8.76. The van der Waals surface area contributed by atoms with Crippen LogP contribution in [-0.4, -0.2) is 6.54 Å². The molecule has 0 radical (unpaired) electrons. The van der Waals surface area contributed by atoms with Crippen LogP contribution in [0.4, 0.5) is 0 Å². The smallest absolute Gasteiger partial charge is 0.134 e. The molecule has 1 N–H and O–H groups in total. The first-order valence-electron chi connectivity index (χ1n) is 6.68. The topological polar surface area (TPSA) is 25.2 Å². The van der Waals surface area contributed by atoms with Crippen LogP contribution in [0.2, 0.25) is 5.02 Å². The summed E-state index contributed by atoms with van der Waals surface area (Å²) in [6, 6.07) is 8.25. The first-order valence-corrected chi connectivity index (χ1v) is 7.06. The van der Waals surface area contributed by atoms with Gasteiger partial charge in [-0.05, 0) is 43.1 Å². The van der Waals surface area contributed by atoms with Crippen LogP contribution in [0.25, 0.3) is 11.0 Å². The molecule has 18 heavy (non-hydrogen) atoms. The Morgan fingerprint density at radius 1 is 1.39 bits per heavy atom. The molecule has 2 aromatic rings. The van der Waals surface area contributed by atoms with E-state index in [2.05, 4.69) is 18.3 Å². The molecule has 1 aliphatic carbocycles. The van der Waals surface area contributed by atoms with Crippen molar-refractivity contribution in [3.05, 3.63) is 35.0 Å². The lowest BCUT2D eigenvalue weighted by atomic mass is 10.1. The van der Waals surface area contributed by atoms with E-state index in [1.165, 1.54) is 19.3 Å². The maximum absolute atomic E-state index is 6.01. The number of hydrogen-bond donors (Lipinski definition) is 1. The van der Waals surface area contributed by atoms with Crippen molar-refractivity contribution in [2.45, 2.75) is 32.2 Å². The molecule has 1 atom stereocenters. The fourth-order valence-corrected chi connectivity index (χ4v) is 2.62. The predicted octanol–water partition coefficient (Wildman–Crippen LogP) is 4.54. The molecular weight excluding hydrogens is 246 g/mol. The third-order valence-electron chi connectivity index (χ3n) is 3.56. The van der Waals surface area contributed by atoms with Crippen molar-refractivity contribution in [1.82, 2.24) is 5.32 Å². The summed E-state index contributed by atoms with van der Waals surface area (Å²) >= 11 is 6.01. The van der Waals surface area contributed by atoms with Crippen LogP contribution in [0.3, 0.4) is 0 Å². The molecule has 0 spiro atoms. The Hall–Kier alpha value is -0.990.